The topological polar surface area (TPSA) is 52.6 Å². The molecule has 4 nitrogen and oxygen atoms in total. The number of rotatable bonds is 4. The number of benzene rings is 1. The zero-order valence-corrected chi connectivity index (χ0v) is 11.9. The lowest BCUT2D eigenvalue weighted by molar-refractivity contribution is -0.274. The van der Waals surface area contributed by atoms with Gasteiger partial charge < -0.3 is 9.47 Å². The van der Waals surface area contributed by atoms with Gasteiger partial charge in [0.15, 0.2) is 9.84 Å². The molecule has 0 amide bonds. The van der Waals surface area contributed by atoms with Gasteiger partial charge in [-0.25, -0.2) is 8.42 Å². The summed E-state index contributed by atoms with van der Waals surface area (Å²) in [5.41, 5.74) is 0. The van der Waals surface area contributed by atoms with Gasteiger partial charge in [0.05, 0.1) is 16.8 Å². The lowest BCUT2D eigenvalue weighted by atomic mass is 10.1. The second-order valence-electron chi connectivity index (χ2n) is 4.79. The standard InChI is InChI=1S/C13H15F3O4S/c14-13(15,16)20-10-4-6-12(7-5-10)21(17,18)9-11-3-1-2-8-19-11/h4-7,11H,1-3,8-9H2. The predicted molar refractivity (Wildman–Crippen MR) is 68.8 cm³/mol. The Morgan fingerprint density at radius 2 is 1.86 bits per heavy atom. The quantitative estimate of drug-likeness (QED) is 0.854. The molecule has 0 spiro atoms. The van der Waals surface area contributed by atoms with Crippen LogP contribution in [0.3, 0.4) is 0 Å². The first-order valence-corrected chi connectivity index (χ1v) is 8.12. The highest BCUT2D eigenvalue weighted by atomic mass is 32.2. The summed E-state index contributed by atoms with van der Waals surface area (Å²) in [7, 11) is -3.58. The molecule has 1 aromatic carbocycles. The van der Waals surface area contributed by atoms with Crippen molar-refractivity contribution in [3.05, 3.63) is 24.3 Å². The molecule has 8 heteroatoms. The van der Waals surface area contributed by atoms with Crippen molar-refractivity contribution in [2.75, 3.05) is 12.4 Å². The van der Waals surface area contributed by atoms with Crippen LogP contribution in [0.4, 0.5) is 13.2 Å². The third-order valence-electron chi connectivity index (χ3n) is 3.10. The number of hydrogen-bond acceptors (Lipinski definition) is 4. The highest BCUT2D eigenvalue weighted by Gasteiger charge is 2.31. The van der Waals surface area contributed by atoms with Gasteiger partial charge in [0.1, 0.15) is 5.75 Å². The van der Waals surface area contributed by atoms with Crippen LogP contribution in [0.15, 0.2) is 29.2 Å². The van der Waals surface area contributed by atoms with Crippen LogP contribution >= 0.6 is 0 Å². The smallest absolute Gasteiger partial charge is 0.406 e. The monoisotopic (exact) mass is 324 g/mol. The minimum absolute atomic E-state index is 0.0359. The van der Waals surface area contributed by atoms with E-state index in [-0.39, 0.29) is 16.8 Å². The van der Waals surface area contributed by atoms with E-state index in [0.29, 0.717) is 13.0 Å². The van der Waals surface area contributed by atoms with Gasteiger partial charge in [0.25, 0.3) is 0 Å². The second kappa shape index (κ2) is 6.23. The van der Waals surface area contributed by atoms with Crippen LogP contribution in [0.1, 0.15) is 19.3 Å². The van der Waals surface area contributed by atoms with Crippen molar-refractivity contribution in [2.45, 2.75) is 36.6 Å². The fourth-order valence-corrected chi connectivity index (χ4v) is 3.62. The van der Waals surface area contributed by atoms with Crippen LogP contribution < -0.4 is 4.74 Å². The summed E-state index contributed by atoms with van der Waals surface area (Å²) in [4.78, 5) is -0.0359. The third-order valence-corrected chi connectivity index (χ3v) is 4.90. The van der Waals surface area contributed by atoms with Crippen LogP contribution in [0.5, 0.6) is 5.75 Å². The molecule has 0 aromatic heterocycles. The van der Waals surface area contributed by atoms with Crippen molar-refractivity contribution in [1.82, 2.24) is 0 Å². The van der Waals surface area contributed by atoms with Crippen molar-refractivity contribution in [3.63, 3.8) is 0 Å². The Bertz CT molecular complexity index is 560. The fraction of sp³-hybridized carbons (Fsp3) is 0.538. The predicted octanol–water partition coefficient (Wildman–Crippen LogP) is 2.93. The summed E-state index contributed by atoms with van der Waals surface area (Å²) in [5.74, 6) is -0.609. The first-order valence-electron chi connectivity index (χ1n) is 6.46. The van der Waals surface area contributed by atoms with E-state index in [0.717, 1.165) is 37.1 Å². The van der Waals surface area contributed by atoms with Gasteiger partial charge in [-0.05, 0) is 43.5 Å². The van der Waals surface area contributed by atoms with E-state index < -0.39 is 21.9 Å². The highest BCUT2D eigenvalue weighted by Crippen LogP contribution is 2.25. The lowest BCUT2D eigenvalue weighted by Crippen LogP contribution is -2.27. The highest BCUT2D eigenvalue weighted by molar-refractivity contribution is 7.91. The summed E-state index contributed by atoms with van der Waals surface area (Å²) in [6, 6.07) is 4.20. The molecule has 1 heterocycles. The summed E-state index contributed by atoms with van der Waals surface area (Å²) in [5, 5.41) is 0. The van der Waals surface area contributed by atoms with Gasteiger partial charge in [-0.3, -0.25) is 0 Å². The molecule has 1 aliphatic heterocycles. The number of hydrogen-bond donors (Lipinski definition) is 0. The van der Waals surface area contributed by atoms with Crippen LogP contribution in [0.2, 0.25) is 0 Å². The van der Waals surface area contributed by atoms with E-state index in [2.05, 4.69) is 4.74 Å². The lowest BCUT2D eigenvalue weighted by Gasteiger charge is -2.22. The van der Waals surface area contributed by atoms with E-state index in [9.17, 15) is 21.6 Å². The molecule has 118 valence electrons. The van der Waals surface area contributed by atoms with Gasteiger partial charge in [0.2, 0.25) is 0 Å². The van der Waals surface area contributed by atoms with Gasteiger partial charge in [-0.1, -0.05) is 0 Å². The number of alkyl halides is 3. The average Bonchev–Trinajstić information content (AvgIpc) is 2.38. The number of ether oxygens (including phenoxy) is 2. The first-order chi connectivity index (χ1) is 9.76. The molecule has 1 atom stereocenters. The molecular weight excluding hydrogens is 309 g/mol. The molecule has 0 aliphatic carbocycles. The van der Waals surface area contributed by atoms with Gasteiger partial charge in [-0.15, -0.1) is 13.2 Å². The Hall–Kier alpha value is -1.28. The van der Waals surface area contributed by atoms with Crippen molar-refractivity contribution in [3.8, 4) is 5.75 Å². The Labute approximate surface area is 120 Å². The first kappa shape index (κ1) is 16.1. The van der Waals surface area contributed by atoms with E-state index in [4.69, 9.17) is 4.74 Å². The van der Waals surface area contributed by atoms with E-state index in [1.54, 1.807) is 0 Å². The van der Waals surface area contributed by atoms with Gasteiger partial charge in [0, 0.05) is 6.61 Å². The van der Waals surface area contributed by atoms with Crippen molar-refractivity contribution < 1.29 is 31.1 Å². The summed E-state index contributed by atoms with van der Waals surface area (Å²) in [6.07, 6.45) is -2.64. The number of sulfone groups is 1. The van der Waals surface area contributed by atoms with Crippen LogP contribution in [0, 0.1) is 0 Å². The molecule has 0 bridgehead atoms. The minimum Gasteiger partial charge on any atom is -0.406 e. The zero-order chi connectivity index (χ0) is 15.5. The van der Waals surface area contributed by atoms with Crippen molar-refractivity contribution >= 4 is 9.84 Å². The van der Waals surface area contributed by atoms with Crippen LogP contribution in [-0.4, -0.2) is 33.2 Å². The third kappa shape index (κ3) is 4.89. The Morgan fingerprint density at radius 3 is 2.38 bits per heavy atom. The Balaban J connectivity index is 2.06. The van der Waals surface area contributed by atoms with Crippen molar-refractivity contribution in [2.24, 2.45) is 0 Å². The van der Waals surface area contributed by atoms with Gasteiger partial charge in [-0.2, -0.15) is 0 Å². The molecule has 1 aromatic rings. The van der Waals surface area contributed by atoms with E-state index >= 15 is 0 Å². The Kier molecular flexibility index (Phi) is 4.77. The maximum absolute atomic E-state index is 12.2. The SMILES string of the molecule is O=S(=O)(CC1CCCCO1)c1ccc(OC(F)(F)F)cc1. The molecule has 1 saturated heterocycles. The molecule has 0 radical (unpaired) electrons. The normalized spacial score (nSPS) is 20.2. The largest absolute Gasteiger partial charge is 0.573 e. The minimum atomic E-state index is -4.80. The Morgan fingerprint density at radius 1 is 1.19 bits per heavy atom. The molecule has 2 rings (SSSR count). The summed E-state index contributed by atoms with van der Waals surface area (Å²) < 4.78 is 69.5. The van der Waals surface area contributed by atoms with Crippen LogP contribution in [-0.2, 0) is 14.6 Å². The summed E-state index contributed by atoms with van der Waals surface area (Å²) in [6.45, 7) is 0.540. The maximum atomic E-state index is 12.2. The molecule has 21 heavy (non-hydrogen) atoms. The second-order valence-corrected chi connectivity index (χ2v) is 6.82. The molecular formula is C13H15F3O4S. The molecule has 0 N–H and O–H groups in total. The molecule has 1 aliphatic rings. The van der Waals surface area contributed by atoms with Crippen molar-refractivity contribution in [1.29, 1.82) is 0 Å². The van der Waals surface area contributed by atoms with E-state index in [1.807, 2.05) is 0 Å². The van der Waals surface area contributed by atoms with Crippen LogP contribution in [0.25, 0.3) is 0 Å². The average molecular weight is 324 g/mol. The molecule has 1 fully saturated rings. The summed E-state index contributed by atoms with van der Waals surface area (Å²) >= 11 is 0. The van der Waals surface area contributed by atoms with Gasteiger partial charge >= 0.3 is 6.36 Å². The zero-order valence-electron chi connectivity index (χ0n) is 11.1. The molecule has 1 unspecified atom stereocenters. The molecule has 0 saturated carbocycles. The van der Waals surface area contributed by atoms with E-state index in [1.165, 1.54) is 0 Å². The number of halogens is 3. The fourth-order valence-electron chi connectivity index (χ4n) is 2.13. The maximum Gasteiger partial charge on any atom is 0.573 e.